The number of fused-ring (bicyclic) bond motifs is 1. The van der Waals surface area contributed by atoms with Crippen LogP contribution in [0.4, 0.5) is 5.82 Å². The average Bonchev–Trinajstić information content (AvgIpc) is 3.13. The molecule has 0 spiro atoms. The van der Waals surface area contributed by atoms with Gasteiger partial charge in [-0.15, -0.1) is 0 Å². The summed E-state index contributed by atoms with van der Waals surface area (Å²) in [6, 6.07) is 0.349. The van der Waals surface area contributed by atoms with Crippen LogP contribution in [0.3, 0.4) is 0 Å². The molecule has 9 heteroatoms. The first-order chi connectivity index (χ1) is 12.5. The zero-order chi connectivity index (χ0) is 18.1. The van der Waals surface area contributed by atoms with Gasteiger partial charge in [0.05, 0.1) is 6.54 Å². The molecule has 1 saturated carbocycles. The molecule has 26 heavy (non-hydrogen) atoms. The summed E-state index contributed by atoms with van der Waals surface area (Å²) in [6.07, 6.45) is 7.67. The normalized spacial score (nSPS) is 26.5. The van der Waals surface area contributed by atoms with Crippen molar-refractivity contribution in [1.29, 1.82) is 0 Å². The van der Waals surface area contributed by atoms with E-state index in [0.29, 0.717) is 12.6 Å². The first-order valence-corrected chi connectivity index (χ1v) is 9.45. The number of hydrogen-bond donors (Lipinski definition) is 0. The lowest BCUT2D eigenvalue weighted by Crippen LogP contribution is -2.51. The summed E-state index contributed by atoms with van der Waals surface area (Å²) in [6.45, 7) is 7.21. The molecule has 1 saturated heterocycles. The van der Waals surface area contributed by atoms with Crippen LogP contribution in [-0.2, 0) is 6.54 Å². The van der Waals surface area contributed by atoms with Crippen molar-refractivity contribution in [2.24, 2.45) is 5.10 Å². The van der Waals surface area contributed by atoms with Crippen molar-refractivity contribution < 1.29 is 9.66 Å². The SMILES string of the molecule is CC1(CN2CCN(N=C3CCCCC3)CC2)Cn2cc([N+](=O)[O-])nc2O1. The van der Waals surface area contributed by atoms with Crippen molar-refractivity contribution in [2.45, 2.75) is 51.2 Å². The van der Waals surface area contributed by atoms with E-state index in [1.54, 1.807) is 4.57 Å². The molecule has 0 aromatic carbocycles. The fraction of sp³-hybridized carbons (Fsp3) is 0.765. The van der Waals surface area contributed by atoms with E-state index in [0.717, 1.165) is 45.6 Å². The molecular formula is C17H26N6O3. The molecule has 4 rings (SSSR count). The summed E-state index contributed by atoms with van der Waals surface area (Å²) in [5.41, 5.74) is 0.970. The number of nitrogens with zero attached hydrogens (tertiary/aromatic N) is 6. The molecule has 9 nitrogen and oxygen atoms in total. The molecule has 142 valence electrons. The maximum atomic E-state index is 10.8. The van der Waals surface area contributed by atoms with Crippen molar-refractivity contribution in [3.63, 3.8) is 0 Å². The molecule has 1 unspecified atom stereocenters. The van der Waals surface area contributed by atoms with Gasteiger partial charge in [-0.1, -0.05) is 6.42 Å². The maximum Gasteiger partial charge on any atom is 0.415 e. The molecule has 0 N–H and O–H groups in total. The first-order valence-electron chi connectivity index (χ1n) is 9.45. The summed E-state index contributed by atoms with van der Waals surface area (Å²) < 4.78 is 7.68. The Hall–Kier alpha value is -2.16. The van der Waals surface area contributed by atoms with Crippen LogP contribution in [0.2, 0.25) is 0 Å². The Morgan fingerprint density at radius 1 is 1.27 bits per heavy atom. The monoisotopic (exact) mass is 362 g/mol. The zero-order valence-electron chi connectivity index (χ0n) is 15.3. The van der Waals surface area contributed by atoms with E-state index >= 15 is 0 Å². The molecule has 0 amide bonds. The third-order valence-electron chi connectivity index (χ3n) is 5.38. The highest BCUT2D eigenvalue weighted by Gasteiger charge is 2.41. The number of imidazole rings is 1. The van der Waals surface area contributed by atoms with E-state index in [4.69, 9.17) is 9.84 Å². The topological polar surface area (TPSA) is 89.0 Å². The summed E-state index contributed by atoms with van der Waals surface area (Å²) in [5, 5.41) is 17.9. The Kier molecular flexibility index (Phi) is 4.56. The number of hydrazone groups is 1. The van der Waals surface area contributed by atoms with Gasteiger partial charge in [-0.3, -0.25) is 14.5 Å². The van der Waals surface area contributed by atoms with Crippen molar-refractivity contribution in [3.05, 3.63) is 16.3 Å². The van der Waals surface area contributed by atoms with Crippen LogP contribution in [0.5, 0.6) is 6.01 Å². The zero-order valence-corrected chi connectivity index (χ0v) is 15.3. The van der Waals surface area contributed by atoms with E-state index in [9.17, 15) is 10.1 Å². The van der Waals surface area contributed by atoms with E-state index in [2.05, 4.69) is 14.9 Å². The number of nitro groups is 1. The Morgan fingerprint density at radius 3 is 2.65 bits per heavy atom. The number of ether oxygens (including phenoxy) is 1. The van der Waals surface area contributed by atoms with Crippen molar-refractivity contribution in [3.8, 4) is 6.01 Å². The number of piperazine rings is 1. The Bertz CT molecular complexity index is 676. The standard InChI is InChI=1S/C17H26N6O3/c1-17(13-21-11-15(23(24)25)18-16(21)26-17)12-20-7-9-22(10-8-20)19-14-5-3-2-4-6-14/h11H,2-10,12-13H2,1H3. The van der Waals surface area contributed by atoms with Crippen molar-refractivity contribution in [2.75, 3.05) is 32.7 Å². The highest BCUT2D eigenvalue weighted by Crippen LogP contribution is 2.31. The van der Waals surface area contributed by atoms with Gasteiger partial charge in [-0.25, -0.2) is 0 Å². The Morgan fingerprint density at radius 2 is 2.00 bits per heavy atom. The Balaban J connectivity index is 1.29. The second-order valence-corrected chi connectivity index (χ2v) is 7.78. The lowest BCUT2D eigenvalue weighted by atomic mass is 9.99. The summed E-state index contributed by atoms with van der Waals surface area (Å²) in [7, 11) is 0. The molecule has 0 radical (unpaired) electrons. The largest absolute Gasteiger partial charge is 0.436 e. The second-order valence-electron chi connectivity index (χ2n) is 7.78. The van der Waals surface area contributed by atoms with Gasteiger partial charge in [0.25, 0.3) is 0 Å². The maximum absolute atomic E-state index is 10.8. The quantitative estimate of drug-likeness (QED) is 0.600. The van der Waals surface area contributed by atoms with Crippen LogP contribution < -0.4 is 4.74 Å². The van der Waals surface area contributed by atoms with Gasteiger partial charge in [0.2, 0.25) is 0 Å². The fourth-order valence-corrected chi connectivity index (χ4v) is 4.09. The minimum atomic E-state index is -0.487. The van der Waals surface area contributed by atoms with Crippen molar-refractivity contribution >= 4 is 11.5 Å². The van der Waals surface area contributed by atoms with E-state index in [1.807, 2.05) is 6.92 Å². The van der Waals surface area contributed by atoms with Crippen LogP contribution in [0.1, 0.15) is 39.0 Å². The fourth-order valence-electron chi connectivity index (χ4n) is 4.09. The minimum absolute atomic E-state index is 0.155. The number of hydrogen-bond acceptors (Lipinski definition) is 7. The van der Waals surface area contributed by atoms with Gasteiger partial charge in [0.15, 0.2) is 0 Å². The highest BCUT2D eigenvalue weighted by molar-refractivity contribution is 5.84. The van der Waals surface area contributed by atoms with Crippen LogP contribution in [0, 0.1) is 10.1 Å². The molecule has 1 atom stereocenters. The summed E-state index contributed by atoms with van der Waals surface area (Å²) in [5.74, 6) is -0.155. The van der Waals surface area contributed by atoms with Gasteiger partial charge in [0, 0.05) is 43.4 Å². The third kappa shape index (κ3) is 3.67. The molecule has 2 fully saturated rings. The molecule has 1 aliphatic carbocycles. The summed E-state index contributed by atoms with van der Waals surface area (Å²) in [4.78, 5) is 16.7. The van der Waals surface area contributed by atoms with Crippen LogP contribution >= 0.6 is 0 Å². The second kappa shape index (κ2) is 6.86. The van der Waals surface area contributed by atoms with Crippen LogP contribution in [-0.4, -0.2) is 68.4 Å². The molecule has 1 aromatic heterocycles. The highest BCUT2D eigenvalue weighted by atomic mass is 16.6. The third-order valence-corrected chi connectivity index (χ3v) is 5.38. The number of aromatic nitrogens is 2. The van der Waals surface area contributed by atoms with E-state index in [-0.39, 0.29) is 5.82 Å². The molecule has 0 bridgehead atoms. The predicted molar refractivity (Wildman–Crippen MR) is 96.4 cm³/mol. The molecule has 1 aromatic rings. The predicted octanol–water partition coefficient (Wildman–Crippen LogP) is 1.88. The minimum Gasteiger partial charge on any atom is -0.436 e. The van der Waals surface area contributed by atoms with Gasteiger partial charge in [-0.05, 0) is 37.5 Å². The van der Waals surface area contributed by atoms with E-state index < -0.39 is 10.5 Å². The van der Waals surface area contributed by atoms with Crippen LogP contribution in [0.25, 0.3) is 0 Å². The molecule has 2 aliphatic heterocycles. The lowest BCUT2D eigenvalue weighted by molar-refractivity contribution is -0.389. The van der Waals surface area contributed by atoms with Gasteiger partial charge >= 0.3 is 11.8 Å². The van der Waals surface area contributed by atoms with Gasteiger partial charge < -0.3 is 14.9 Å². The van der Waals surface area contributed by atoms with E-state index in [1.165, 1.54) is 31.2 Å². The van der Waals surface area contributed by atoms with Gasteiger partial charge in [-0.2, -0.15) is 5.10 Å². The average molecular weight is 362 g/mol. The van der Waals surface area contributed by atoms with Gasteiger partial charge in [0.1, 0.15) is 11.8 Å². The molecule has 3 heterocycles. The lowest BCUT2D eigenvalue weighted by Gasteiger charge is -2.37. The van der Waals surface area contributed by atoms with Crippen LogP contribution in [0.15, 0.2) is 11.3 Å². The molecule has 3 aliphatic rings. The Labute approximate surface area is 152 Å². The van der Waals surface area contributed by atoms with Crippen molar-refractivity contribution in [1.82, 2.24) is 19.5 Å². The number of rotatable bonds is 4. The molecular weight excluding hydrogens is 336 g/mol. The summed E-state index contributed by atoms with van der Waals surface area (Å²) >= 11 is 0. The first kappa shape index (κ1) is 17.3. The smallest absolute Gasteiger partial charge is 0.415 e.